The third-order valence-electron chi connectivity index (χ3n) is 4.73. The predicted molar refractivity (Wildman–Crippen MR) is 132 cm³/mol. The van der Waals surface area contributed by atoms with Gasteiger partial charge in [-0.05, 0) is 30.2 Å². The fraction of sp³-hybridized carbons (Fsp3) is 0.0714. The number of rotatable bonds is 2. The Bertz CT molecular complexity index is 1620. The summed E-state index contributed by atoms with van der Waals surface area (Å²) in [6.07, 6.45) is 1.30. The molecule has 0 unspecified atom stereocenters. The standard InChI is InChI=1S/C15H8NOS.C13H12N.Ir/c1-2-6-10(7-3-1)15-16-14-13(18-15)11-8-4-5-9-12(11)17-14;1-10-3-6-12(7-4-10)13-8-5-11(2)9-14-13;/h1-6,8-9H;3-6,8-9H,1-2H3;/q2*-1;/i;1D3,2D3;. The van der Waals surface area contributed by atoms with E-state index >= 15 is 0 Å². The molecule has 165 valence electrons. The minimum Gasteiger partial charge on any atom is -0.438 e. The number of para-hydroxylation sites is 1. The van der Waals surface area contributed by atoms with Crippen LogP contribution in [0.2, 0.25) is 0 Å². The summed E-state index contributed by atoms with van der Waals surface area (Å²) in [6.45, 7) is -4.34. The van der Waals surface area contributed by atoms with Crippen molar-refractivity contribution in [2.45, 2.75) is 13.7 Å². The van der Waals surface area contributed by atoms with Crippen LogP contribution in [0.4, 0.5) is 0 Å². The number of hydrogen-bond acceptors (Lipinski definition) is 4. The van der Waals surface area contributed by atoms with Gasteiger partial charge in [-0.2, -0.15) is 11.3 Å². The van der Waals surface area contributed by atoms with Crippen LogP contribution in [0, 0.1) is 25.8 Å². The van der Waals surface area contributed by atoms with Crippen LogP contribution in [0.15, 0.2) is 89.5 Å². The monoisotopic (exact) mass is 631 g/mol. The van der Waals surface area contributed by atoms with Gasteiger partial charge in [-0.1, -0.05) is 31.1 Å². The quantitative estimate of drug-likeness (QED) is 0.184. The maximum Gasteiger partial charge on any atom is 0.228 e. The van der Waals surface area contributed by atoms with E-state index in [0.29, 0.717) is 17.0 Å². The number of furan rings is 1. The normalized spacial score (nSPS) is 13.9. The van der Waals surface area contributed by atoms with Gasteiger partial charge in [0.05, 0.1) is 4.70 Å². The number of pyridine rings is 1. The molecular formula is C28H20IrN2OS-2. The third kappa shape index (κ3) is 5.12. The fourth-order valence-corrected chi connectivity index (χ4v) is 4.18. The summed E-state index contributed by atoms with van der Waals surface area (Å²) < 4.78 is 50.5. The summed E-state index contributed by atoms with van der Waals surface area (Å²) in [7, 11) is 0. The van der Waals surface area contributed by atoms with Crippen molar-refractivity contribution in [1.82, 2.24) is 9.97 Å². The second kappa shape index (κ2) is 10.2. The predicted octanol–water partition coefficient (Wildman–Crippen LogP) is 7.67. The number of hydrogen-bond donors (Lipinski definition) is 0. The molecule has 0 saturated carbocycles. The Morgan fingerprint density at radius 2 is 1.73 bits per heavy atom. The Hall–Kier alpha value is -3.11. The molecule has 0 spiro atoms. The minimum atomic E-state index is -2.18. The number of aryl methyl sites for hydroxylation is 2. The average Bonchev–Trinajstić information content (AvgIpc) is 3.47. The van der Waals surface area contributed by atoms with Crippen molar-refractivity contribution >= 4 is 32.7 Å². The molecule has 0 N–H and O–H groups in total. The van der Waals surface area contributed by atoms with Gasteiger partial charge in [0.25, 0.3) is 0 Å². The summed E-state index contributed by atoms with van der Waals surface area (Å²) in [5.41, 5.74) is 4.17. The molecule has 0 amide bonds. The van der Waals surface area contributed by atoms with E-state index in [4.69, 9.17) is 12.6 Å². The van der Waals surface area contributed by atoms with Crippen molar-refractivity contribution in [3.05, 3.63) is 108 Å². The number of benzene rings is 3. The second-order valence-electron chi connectivity index (χ2n) is 6.95. The summed E-state index contributed by atoms with van der Waals surface area (Å²) >= 11 is 1.65. The van der Waals surface area contributed by atoms with E-state index in [-0.39, 0.29) is 31.2 Å². The van der Waals surface area contributed by atoms with E-state index in [0.717, 1.165) is 26.2 Å². The van der Waals surface area contributed by atoms with E-state index in [2.05, 4.69) is 28.2 Å². The smallest absolute Gasteiger partial charge is 0.228 e. The molecule has 0 aliphatic carbocycles. The van der Waals surface area contributed by atoms with Crippen molar-refractivity contribution in [1.29, 1.82) is 0 Å². The topological polar surface area (TPSA) is 38.9 Å². The van der Waals surface area contributed by atoms with Crippen LogP contribution in [-0.2, 0) is 20.1 Å². The van der Waals surface area contributed by atoms with Crippen LogP contribution in [0.3, 0.4) is 0 Å². The summed E-state index contributed by atoms with van der Waals surface area (Å²) in [6, 6.07) is 29.5. The molecule has 0 fully saturated rings. The largest absolute Gasteiger partial charge is 0.438 e. The van der Waals surface area contributed by atoms with Crippen molar-refractivity contribution in [2.75, 3.05) is 0 Å². The number of fused-ring (bicyclic) bond motifs is 3. The van der Waals surface area contributed by atoms with Gasteiger partial charge in [0.1, 0.15) is 5.58 Å². The molecule has 3 nitrogen and oxygen atoms in total. The van der Waals surface area contributed by atoms with Crippen LogP contribution in [0.5, 0.6) is 0 Å². The molecule has 0 aliphatic rings. The number of thiazole rings is 1. The number of aromatic nitrogens is 2. The summed E-state index contributed by atoms with van der Waals surface area (Å²) in [5.74, 6) is 0. The zero-order chi connectivity index (χ0) is 26.9. The molecule has 3 aromatic carbocycles. The average molecular weight is 631 g/mol. The summed E-state index contributed by atoms with van der Waals surface area (Å²) in [4.78, 5) is 8.62. The second-order valence-corrected chi connectivity index (χ2v) is 7.95. The zero-order valence-corrected chi connectivity index (χ0v) is 20.3. The third-order valence-corrected chi connectivity index (χ3v) is 5.83. The molecule has 33 heavy (non-hydrogen) atoms. The van der Waals surface area contributed by atoms with Gasteiger partial charge in [-0.15, -0.1) is 71.3 Å². The minimum absolute atomic E-state index is 0. The van der Waals surface area contributed by atoms with Gasteiger partial charge >= 0.3 is 0 Å². The van der Waals surface area contributed by atoms with Crippen molar-refractivity contribution in [2.24, 2.45) is 0 Å². The van der Waals surface area contributed by atoms with Crippen LogP contribution in [0.25, 0.3) is 43.2 Å². The first-order chi connectivity index (χ1) is 18.1. The molecule has 5 heteroatoms. The van der Waals surface area contributed by atoms with Gasteiger partial charge in [0.15, 0.2) is 0 Å². The molecule has 0 bridgehead atoms. The molecule has 0 atom stereocenters. The Labute approximate surface area is 218 Å². The molecule has 3 aromatic heterocycles. The van der Waals surface area contributed by atoms with Crippen LogP contribution in [0.1, 0.15) is 19.4 Å². The van der Waals surface area contributed by atoms with Crippen LogP contribution in [-0.4, -0.2) is 9.97 Å². The van der Waals surface area contributed by atoms with Crippen molar-refractivity contribution in [3.8, 4) is 21.8 Å². The van der Waals surface area contributed by atoms with E-state index in [9.17, 15) is 0 Å². The van der Waals surface area contributed by atoms with E-state index in [1.165, 1.54) is 24.4 Å². The molecule has 6 aromatic rings. The Morgan fingerprint density at radius 1 is 0.879 bits per heavy atom. The Kier molecular flexibility index (Phi) is 5.11. The summed E-state index contributed by atoms with van der Waals surface area (Å²) in [5, 5.41) is 2.09. The van der Waals surface area contributed by atoms with Gasteiger partial charge in [-0.25, -0.2) is 0 Å². The Balaban J connectivity index is 0.000000177. The maximum atomic E-state index is 7.28. The zero-order valence-electron chi connectivity index (χ0n) is 23.1. The molecular weight excluding hydrogens is 605 g/mol. The van der Waals surface area contributed by atoms with Crippen LogP contribution >= 0.6 is 11.3 Å². The maximum absolute atomic E-state index is 7.28. The van der Waals surface area contributed by atoms with Gasteiger partial charge in [-0.3, -0.25) is 4.98 Å². The fourth-order valence-electron chi connectivity index (χ4n) is 3.17. The van der Waals surface area contributed by atoms with Crippen LogP contribution < -0.4 is 0 Å². The first kappa shape index (κ1) is 16.5. The molecule has 0 aliphatic heterocycles. The van der Waals surface area contributed by atoms with E-state index < -0.39 is 13.7 Å². The van der Waals surface area contributed by atoms with Crippen molar-refractivity contribution in [3.63, 3.8) is 0 Å². The van der Waals surface area contributed by atoms with Gasteiger partial charge in [0, 0.05) is 44.9 Å². The molecule has 1 radical (unpaired) electrons. The Morgan fingerprint density at radius 3 is 2.45 bits per heavy atom. The van der Waals surface area contributed by atoms with Gasteiger partial charge in [0.2, 0.25) is 5.71 Å². The molecule has 0 saturated heterocycles. The molecule has 3 heterocycles. The number of nitrogens with zero attached hydrogens (tertiary/aromatic N) is 2. The first-order valence-corrected chi connectivity index (χ1v) is 10.7. The molecule has 6 rings (SSSR count). The first-order valence-electron chi connectivity index (χ1n) is 12.8. The van der Waals surface area contributed by atoms with E-state index in [1.807, 2.05) is 42.5 Å². The van der Waals surface area contributed by atoms with E-state index in [1.54, 1.807) is 23.5 Å². The van der Waals surface area contributed by atoms with Crippen molar-refractivity contribution < 1.29 is 32.7 Å². The van der Waals surface area contributed by atoms with Gasteiger partial charge < -0.3 is 9.40 Å². The SMILES string of the molecule is [2H]C([2H])([2H])c1c[c-]c(-c2ccc(C([2H])([2H])[2H])cn2)cc1.[Ir].[c-]1ccccc1-c1nc2oc3ccccc3c2s1.